The lowest BCUT2D eigenvalue weighted by Crippen LogP contribution is -2.12. The molecule has 10 heteroatoms. The molecular formula is C19H18ClN5O3S. The van der Waals surface area contributed by atoms with Crippen LogP contribution in [0.3, 0.4) is 0 Å². The highest BCUT2D eigenvalue weighted by atomic mass is 35.5. The normalized spacial score (nSPS) is 10.8. The molecule has 1 amide bonds. The Kier molecular flexibility index (Phi) is 6.40. The fourth-order valence-corrected chi connectivity index (χ4v) is 3.44. The average molecular weight is 432 g/mol. The van der Waals surface area contributed by atoms with E-state index in [4.69, 9.17) is 11.6 Å². The highest BCUT2D eigenvalue weighted by molar-refractivity contribution is 7.15. The van der Waals surface area contributed by atoms with Crippen molar-refractivity contribution in [2.24, 2.45) is 0 Å². The van der Waals surface area contributed by atoms with Gasteiger partial charge in [-0.2, -0.15) is 0 Å². The van der Waals surface area contributed by atoms with Crippen LogP contribution >= 0.6 is 22.9 Å². The van der Waals surface area contributed by atoms with Gasteiger partial charge in [-0.15, -0.1) is 10.2 Å². The molecule has 0 spiro atoms. The summed E-state index contributed by atoms with van der Waals surface area (Å²) < 4.78 is 0. The second-order valence-corrected chi connectivity index (χ2v) is 7.90. The topological polar surface area (TPSA) is 110 Å². The Morgan fingerprint density at radius 1 is 1.24 bits per heavy atom. The lowest BCUT2D eigenvalue weighted by molar-refractivity contribution is -0.384. The molecule has 0 bridgehead atoms. The first-order valence-corrected chi connectivity index (χ1v) is 9.95. The van der Waals surface area contributed by atoms with E-state index in [0.717, 1.165) is 10.6 Å². The van der Waals surface area contributed by atoms with Crippen LogP contribution in [0.15, 0.2) is 42.5 Å². The van der Waals surface area contributed by atoms with Crippen LogP contribution < -0.4 is 10.6 Å². The van der Waals surface area contributed by atoms with E-state index in [1.54, 1.807) is 6.07 Å². The first-order valence-electron chi connectivity index (χ1n) is 8.75. The monoisotopic (exact) mass is 431 g/mol. The highest BCUT2D eigenvalue weighted by Gasteiger charge is 2.19. The molecule has 29 heavy (non-hydrogen) atoms. The minimum atomic E-state index is -0.534. The van der Waals surface area contributed by atoms with E-state index in [1.165, 1.54) is 29.5 Å². The van der Waals surface area contributed by atoms with Gasteiger partial charge in [0.05, 0.1) is 4.92 Å². The molecule has 0 aliphatic rings. The molecule has 0 aliphatic heterocycles. The molecular weight excluding hydrogens is 414 g/mol. The standard InChI is InChI=1S/C19H18ClN5O3S/c1-11(2)18-23-24-19(29-18)22-17(26)12-7-8-15(16(9-12)25(27)28)21-10-13-5-3-4-6-14(13)20/h3-9,11,21H,10H2,1-2H3,(H,22,24,26). The van der Waals surface area contributed by atoms with Crippen LogP contribution in [0.2, 0.25) is 5.02 Å². The molecule has 2 aromatic carbocycles. The van der Waals surface area contributed by atoms with Gasteiger partial charge >= 0.3 is 0 Å². The van der Waals surface area contributed by atoms with Gasteiger partial charge in [0.1, 0.15) is 10.7 Å². The Morgan fingerprint density at radius 2 is 2.00 bits per heavy atom. The van der Waals surface area contributed by atoms with Gasteiger partial charge in [-0.3, -0.25) is 20.2 Å². The van der Waals surface area contributed by atoms with Crippen LogP contribution in [0.5, 0.6) is 0 Å². The Labute approximate surface area is 176 Å². The van der Waals surface area contributed by atoms with Crippen molar-refractivity contribution in [1.29, 1.82) is 0 Å². The average Bonchev–Trinajstić information content (AvgIpc) is 3.16. The number of nitro benzene ring substituents is 1. The van der Waals surface area contributed by atoms with Crippen molar-refractivity contribution < 1.29 is 9.72 Å². The van der Waals surface area contributed by atoms with Crippen LogP contribution in [0, 0.1) is 10.1 Å². The van der Waals surface area contributed by atoms with Crippen molar-refractivity contribution in [2.75, 3.05) is 10.6 Å². The van der Waals surface area contributed by atoms with Gasteiger partial charge in [-0.1, -0.05) is 55.0 Å². The highest BCUT2D eigenvalue weighted by Crippen LogP contribution is 2.28. The molecule has 1 aromatic heterocycles. The van der Waals surface area contributed by atoms with E-state index < -0.39 is 10.8 Å². The number of nitrogens with zero attached hydrogens (tertiary/aromatic N) is 3. The number of anilines is 2. The molecule has 0 atom stereocenters. The number of hydrogen-bond donors (Lipinski definition) is 2. The summed E-state index contributed by atoms with van der Waals surface area (Å²) in [6.07, 6.45) is 0. The molecule has 0 radical (unpaired) electrons. The van der Waals surface area contributed by atoms with Crippen molar-refractivity contribution in [2.45, 2.75) is 26.3 Å². The molecule has 3 rings (SSSR count). The maximum atomic E-state index is 12.5. The molecule has 0 saturated heterocycles. The van der Waals surface area contributed by atoms with Crippen molar-refractivity contribution in [3.05, 3.63) is 73.7 Å². The van der Waals surface area contributed by atoms with Crippen molar-refractivity contribution in [3.8, 4) is 0 Å². The fourth-order valence-electron chi connectivity index (χ4n) is 2.49. The number of nitro groups is 1. The molecule has 8 nitrogen and oxygen atoms in total. The third kappa shape index (κ3) is 5.07. The summed E-state index contributed by atoms with van der Waals surface area (Å²) in [5.74, 6) is -0.292. The molecule has 0 aliphatic carbocycles. The predicted molar refractivity (Wildman–Crippen MR) is 114 cm³/mol. The Bertz CT molecular complexity index is 1050. The largest absolute Gasteiger partial charge is 0.375 e. The molecule has 1 heterocycles. The van der Waals surface area contributed by atoms with E-state index in [1.807, 2.05) is 32.0 Å². The van der Waals surface area contributed by atoms with Gasteiger partial charge in [0.2, 0.25) is 5.13 Å². The summed E-state index contributed by atoms with van der Waals surface area (Å²) in [6.45, 7) is 4.27. The molecule has 3 aromatic rings. The SMILES string of the molecule is CC(C)c1nnc(NC(=O)c2ccc(NCc3ccccc3Cl)c([N+](=O)[O-])c2)s1. The molecule has 0 saturated carbocycles. The quantitative estimate of drug-likeness (QED) is 0.398. The van der Waals surface area contributed by atoms with Crippen LogP contribution in [-0.4, -0.2) is 21.0 Å². The summed E-state index contributed by atoms with van der Waals surface area (Å²) in [5, 5.41) is 26.8. The number of nitrogens with one attached hydrogen (secondary N) is 2. The smallest absolute Gasteiger partial charge is 0.293 e. The number of hydrogen-bond acceptors (Lipinski definition) is 7. The zero-order chi connectivity index (χ0) is 21.0. The van der Waals surface area contributed by atoms with E-state index in [0.29, 0.717) is 22.4 Å². The zero-order valence-electron chi connectivity index (χ0n) is 15.7. The van der Waals surface area contributed by atoms with E-state index in [2.05, 4.69) is 20.8 Å². The number of benzene rings is 2. The van der Waals surface area contributed by atoms with Gasteiger partial charge in [0, 0.05) is 29.1 Å². The lowest BCUT2D eigenvalue weighted by atomic mass is 10.1. The maximum Gasteiger partial charge on any atom is 0.293 e. The zero-order valence-corrected chi connectivity index (χ0v) is 17.3. The Hall–Kier alpha value is -3.04. The number of carbonyl (C=O) groups excluding carboxylic acids is 1. The number of rotatable bonds is 7. The number of aromatic nitrogens is 2. The lowest BCUT2D eigenvalue weighted by Gasteiger charge is -2.10. The minimum absolute atomic E-state index is 0.154. The van der Waals surface area contributed by atoms with E-state index in [-0.39, 0.29) is 17.2 Å². The fraction of sp³-hybridized carbons (Fsp3) is 0.211. The van der Waals surface area contributed by atoms with Crippen LogP contribution in [0.25, 0.3) is 0 Å². The Morgan fingerprint density at radius 3 is 2.66 bits per heavy atom. The van der Waals surface area contributed by atoms with Crippen molar-refractivity contribution >= 4 is 45.4 Å². The van der Waals surface area contributed by atoms with Gasteiger partial charge in [-0.25, -0.2) is 0 Å². The summed E-state index contributed by atoms with van der Waals surface area (Å²) in [5.41, 5.74) is 1.05. The summed E-state index contributed by atoms with van der Waals surface area (Å²) >= 11 is 7.39. The van der Waals surface area contributed by atoms with Gasteiger partial charge in [0.15, 0.2) is 0 Å². The number of carbonyl (C=O) groups is 1. The van der Waals surface area contributed by atoms with Gasteiger partial charge < -0.3 is 5.32 Å². The molecule has 2 N–H and O–H groups in total. The van der Waals surface area contributed by atoms with Crippen LogP contribution in [-0.2, 0) is 6.54 Å². The van der Waals surface area contributed by atoms with Crippen LogP contribution in [0.4, 0.5) is 16.5 Å². The predicted octanol–water partition coefficient (Wildman–Crippen LogP) is 5.09. The van der Waals surface area contributed by atoms with Gasteiger partial charge in [0.25, 0.3) is 11.6 Å². The first kappa shape index (κ1) is 20.7. The summed E-state index contributed by atoms with van der Waals surface area (Å²) in [6, 6.07) is 11.5. The maximum absolute atomic E-state index is 12.5. The molecule has 0 unspecified atom stereocenters. The summed E-state index contributed by atoms with van der Waals surface area (Å²) in [4.78, 5) is 23.4. The minimum Gasteiger partial charge on any atom is -0.375 e. The second kappa shape index (κ2) is 8.97. The first-order chi connectivity index (χ1) is 13.8. The third-order valence-corrected chi connectivity index (χ3v) is 5.55. The number of amides is 1. The number of halogens is 1. The van der Waals surface area contributed by atoms with Gasteiger partial charge in [-0.05, 0) is 23.8 Å². The molecule has 150 valence electrons. The third-order valence-electron chi connectivity index (χ3n) is 4.04. The van der Waals surface area contributed by atoms with Crippen LogP contribution in [0.1, 0.15) is 40.7 Å². The summed E-state index contributed by atoms with van der Waals surface area (Å²) in [7, 11) is 0. The molecule has 0 fully saturated rings. The van der Waals surface area contributed by atoms with Crippen molar-refractivity contribution in [3.63, 3.8) is 0 Å². The Balaban J connectivity index is 1.77. The van der Waals surface area contributed by atoms with E-state index in [9.17, 15) is 14.9 Å². The second-order valence-electron chi connectivity index (χ2n) is 6.49. The van der Waals surface area contributed by atoms with Crippen molar-refractivity contribution in [1.82, 2.24) is 10.2 Å². The van der Waals surface area contributed by atoms with E-state index >= 15 is 0 Å².